The first-order valence-corrected chi connectivity index (χ1v) is 8.64. The first-order valence-electron chi connectivity index (χ1n) is 8.64. The Morgan fingerprint density at radius 1 is 1.27 bits per heavy atom. The third kappa shape index (κ3) is 3.76. The third-order valence-electron chi connectivity index (χ3n) is 4.85. The van der Waals surface area contributed by atoms with Crippen molar-refractivity contribution >= 4 is 11.7 Å². The number of hydrogen-bond acceptors (Lipinski definition) is 5. The lowest BCUT2D eigenvalue weighted by Gasteiger charge is -2.37. The van der Waals surface area contributed by atoms with Crippen molar-refractivity contribution in [2.24, 2.45) is 0 Å². The quantitative estimate of drug-likeness (QED) is 0.841. The van der Waals surface area contributed by atoms with Crippen LogP contribution in [0, 0.1) is 12.7 Å². The number of rotatable bonds is 4. The number of piperidine rings is 1. The van der Waals surface area contributed by atoms with Gasteiger partial charge in [0, 0.05) is 43.5 Å². The summed E-state index contributed by atoms with van der Waals surface area (Å²) in [6.45, 7) is 3.20. The van der Waals surface area contributed by atoms with Gasteiger partial charge in [0.05, 0.1) is 7.11 Å². The number of ether oxygens (including phenoxy) is 1. The van der Waals surface area contributed by atoms with E-state index < -0.39 is 5.82 Å². The molecule has 6 nitrogen and oxygen atoms in total. The standard InChI is InChI=1S/C19H23FN4O2/c1-13-10-18(22-12-21-13)23(2)15-6-8-24(9-7-15)19(25)14-4-5-17(26-3)16(20)11-14/h4-5,10-12,15H,6-9H2,1-3H3. The molecule has 0 aliphatic carbocycles. The van der Waals surface area contributed by atoms with Gasteiger partial charge in [-0.05, 0) is 38.0 Å². The van der Waals surface area contributed by atoms with Gasteiger partial charge in [0.25, 0.3) is 5.91 Å². The molecule has 1 aromatic carbocycles. The topological polar surface area (TPSA) is 58.6 Å². The molecule has 3 rings (SSSR count). The summed E-state index contributed by atoms with van der Waals surface area (Å²) in [6, 6.07) is 6.59. The van der Waals surface area contributed by atoms with Gasteiger partial charge in [-0.3, -0.25) is 4.79 Å². The largest absolute Gasteiger partial charge is 0.494 e. The summed E-state index contributed by atoms with van der Waals surface area (Å²) in [4.78, 5) is 25.0. The monoisotopic (exact) mass is 358 g/mol. The molecule has 0 N–H and O–H groups in total. The number of anilines is 1. The van der Waals surface area contributed by atoms with E-state index in [1.165, 1.54) is 19.2 Å². The summed E-state index contributed by atoms with van der Waals surface area (Å²) in [5, 5.41) is 0. The molecule has 0 bridgehead atoms. The zero-order valence-electron chi connectivity index (χ0n) is 15.3. The Balaban J connectivity index is 1.63. The van der Waals surface area contributed by atoms with Crippen LogP contribution >= 0.6 is 0 Å². The zero-order valence-corrected chi connectivity index (χ0v) is 15.3. The normalized spacial score (nSPS) is 15.0. The first-order chi connectivity index (χ1) is 12.5. The molecule has 2 heterocycles. The minimum absolute atomic E-state index is 0.141. The summed E-state index contributed by atoms with van der Waals surface area (Å²) in [6.07, 6.45) is 3.24. The number of halogens is 1. The molecule has 1 amide bonds. The van der Waals surface area contributed by atoms with Crippen molar-refractivity contribution in [3.05, 3.63) is 47.7 Å². The van der Waals surface area contributed by atoms with Gasteiger partial charge >= 0.3 is 0 Å². The van der Waals surface area contributed by atoms with Gasteiger partial charge in [0.1, 0.15) is 12.1 Å². The van der Waals surface area contributed by atoms with Crippen molar-refractivity contribution < 1.29 is 13.9 Å². The average molecular weight is 358 g/mol. The number of likely N-dealkylation sites (tertiary alicyclic amines) is 1. The van der Waals surface area contributed by atoms with Crippen molar-refractivity contribution in [3.8, 4) is 5.75 Å². The molecule has 138 valence electrons. The summed E-state index contributed by atoms with van der Waals surface area (Å²) in [5.41, 5.74) is 1.28. The smallest absolute Gasteiger partial charge is 0.253 e. The average Bonchev–Trinajstić information content (AvgIpc) is 2.67. The van der Waals surface area contributed by atoms with Crippen molar-refractivity contribution in [2.45, 2.75) is 25.8 Å². The van der Waals surface area contributed by atoms with Crippen LogP contribution < -0.4 is 9.64 Å². The Kier molecular flexibility index (Phi) is 5.35. The molecule has 1 saturated heterocycles. The Morgan fingerprint density at radius 2 is 2.00 bits per heavy atom. The maximum Gasteiger partial charge on any atom is 0.253 e. The van der Waals surface area contributed by atoms with Gasteiger partial charge in [-0.25, -0.2) is 14.4 Å². The Hall–Kier alpha value is -2.70. The number of carbonyl (C=O) groups excluding carboxylic acids is 1. The summed E-state index contributed by atoms with van der Waals surface area (Å²) in [7, 11) is 3.42. The van der Waals surface area contributed by atoms with E-state index in [0.717, 1.165) is 24.4 Å². The zero-order chi connectivity index (χ0) is 18.7. The Labute approximate surface area is 152 Å². The fraction of sp³-hybridized carbons (Fsp3) is 0.421. The number of aryl methyl sites for hydroxylation is 1. The molecule has 1 fully saturated rings. The lowest BCUT2D eigenvalue weighted by Crippen LogP contribution is -2.46. The van der Waals surface area contributed by atoms with Crippen LogP contribution in [0.15, 0.2) is 30.6 Å². The molecular weight excluding hydrogens is 335 g/mol. The highest BCUT2D eigenvalue weighted by atomic mass is 19.1. The van der Waals surface area contributed by atoms with Crippen LogP contribution in [0.5, 0.6) is 5.75 Å². The van der Waals surface area contributed by atoms with Crippen molar-refractivity contribution in [3.63, 3.8) is 0 Å². The summed E-state index contributed by atoms with van der Waals surface area (Å²) >= 11 is 0. The minimum Gasteiger partial charge on any atom is -0.494 e. The predicted octanol–water partition coefficient (Wildman–Crippen LogP) is 2.67. The Bertz CT molecular complexity index is 791. The molecule has 1 aromatic heterocycles. The van der Waals surface area contributed by atoms with Crippen LogP contribution in [0.1, 0.15) is 28.9 Å². The first kappa shape index (κ1) is 18.1. The number of amides is 1. The molecule has 1 aliphatic heterocycles. The van der Waals surface area contributed by atoms with Crippen molar-refractivity contribution in [2.75, 3.05) is 32.1 Å². The molecule has 7 heteroatoms. The van der Waals surface area contributed by atoms with Gasteiger partial charge in [-0.2, -0.15) is 0 Å². The number of carbonyl (C=O) groups is 1. The number of hydrogen-bond donors (Lipinski definition) is 0. The molecule has 0 radical (unpaired) electrons. The van der Waals surface area contributed by atoms with Crippen LogP contribution in [-0.2, 0) is 0 Å². The van der Waals surface area contributed by atoms with Gasteiger partial charge in [-0.15, -0.1) is 0 Å². The molecule has 2 aromatic rings. The Morgan fingerprint density at radius 3 is 2.62 bits per heavy atom. The fourth-order valence-electron chi connectivity index (χ4n) is 3.26. The van der Waals surface area contributed by atoms with Gasteiger partial charge in [0.15, 0.2) is 11.6 Å². The van der Waals surface area contributed by atoms with Gasteiger partial charge in [-0.1, -0.05) is 0 Å². The van der Waals surface area contributed by atoms with E-state index in [1.807, 2.05) is 20.0 Å². The van der Waals surface area contributed by atoms with E-state index in [2.05, 4.69) is 14.9 Å². The van der Waals surface area contributed by atoms with Crippen LogP contribution in [-0.4, -0.2) is 54.1 Å². The highest BCUT2D eigenvalue weighted by Crippen LogP contribution is 2.23. The van der Waals surface area contributed by atoms with E-state index >= 15 is 0 Å². The molecule has 0 unspecified atom stereocenters. The van der Waals surface area contributed by atoms with E-state index in [4.69, 9.17) is 4.74 Å². The third-order valence-corrected chi connectivity index (χ3v) is 4.85. The van der Waals surface area contributed by atoms with Crippen molar-refractivity contribution in [1.82, 2.24) is 14.9 Å². The summed E-state index contributed by atoms with van der Waals surface area (Å²) in [5.74, 6) is 0.360. The second-order valence-corrected chi connectivity index (χ2v) is 6.50. The SMILES string of the molecule is COc1ccc(C(=O)N2CCC(N(C)c3cc(C)ncn3)CC2)cc1F. The molecule has 0 atom stereocenters. The van der Waals surface area contributed by atoms with Crippen LogP contribution in [0.2, 0.25) is 0 Å². The second-order valence-electron chi connectivity index (χ2n) is 6.50. The second kappa shape index (κ2) is 7.68. The molecule has 0 saturated carbocycles. The molecule has 0 spiro atoms. The minimum atomic E-state index is -0.521. The number of aromatic nitrogens is 2. The highest BCUT2D eigenvalue weighted by Gasteiger charge is 2.27. The van der Waals surface area contributed by atoms with Crippen LogP contribution in [0.3, 0.4) is 0 Å². The summed E-state index contributed by atoms with van der Waals surface area (Å²) < 4.78 is 18.8. The lowest BCUT2D eigenvalue weighted by atomic mass is 10.0. The van der Waals surface area contributed by atoms with E-state index in [-0.39, 0.29) is 11.7 Å². The number of nitrogens with zero attached hydrogens (tertiary/aromatic N) is 4. The predicted molar refractivity (Wildman–Crippen MR) is 97.0 cm³/mol. The number of benzene rings is 1. The molecule has 1 aliphatic rings. The van der Waals surface area contributed by atoms with E-state index in [9.17, 15) is 9.18 Å². The highest BCUT2D eigenvalue weighted by molar-refractivity contribution is 5.94. The number of methoxy groups -OCH3 is 1. The molecule has 26 heavy (non-hydrogen) atoms. The maximum atomic E-state index is 13.9. The van der Waals surface area contributed by atoms with Crippen LogP contribution in [0.4, 0.5) is 10.2 Å². The van der Waals surface area contributed by atoms with Crippen LogP contribution in [0.25, 0.3) is 0 Å². The van der Waals surface area contributed by atoms with Gasteiger partial charge < -0.3 is 14.5 Å². The fourth-order valence-corrected chi connectivity index (χ4v) is 3.26. The van der Waals surface area contributed by atoms with E-state index in [0.29, 0.717) is 24.7 Å². The van der Waals surface area contributed by atoms with Crippen molar-refractivity contribution in [1.29, 1.82) is 0 Å². The maximum absolute atomic E-state index is 13.9. The van der Waals surface area contributed by atoms with Gasteiger partial charge in [0.2, 0.25) is 0 Å². The molecular formula is C19H23FN4O2. The lowest BCUT2D eigenvalue weighted by molar-refractivity contribution is 0.0712. The van der Waals surface area contributed by atoms with E-state index in [1.54, 1.807) is 17.3 Å².